The number of carbonyl (C=O) groups is 1. The average molecular weight is 190 g/mol. The van der Waals surface area contributed by atoms with Gasteiger partial charge in [0.2, 0.25) is 0 Å². The van der Waals surface area contributed by atoms with Crippen LogP contribution in [-0.2, 0) is 9.53 Å². The van der Waals surface area contributed by atoms with Crippen LogP contribution in [0, 0.1) is 11.8 Å². The molecule has 0 heterocycles. The molecule has 2 aliphatic rings. The molecule has 2 rings (SSSR count). The van der Waals surface area contributed by atoms with Crippen molar-refractivity contribution in [3.05, 3.63) is 0 Å². The van der Waals surface area contributed by atoms with Crippen molar-refractivity contribution in [2.75, 3.05) is 7.11 Å². The van der Waals surface area contributed by atoms with Gasteiger partial charge in [-0.15, -0.1) is 0 Å². The van der Waals surface area contributed by atoms with Gasteiger partial charge in [0, 0.05) is 0 Å². The maximum absolute atomic E-state index is 11.3. The van der Waals surface area contributed by atoms with Gasteiger partial charge < -0.3 is 4.74 Å². The molecule has 0 radical (unpaired) electrons. The molecule has 0 saturated heterocycles. The van der Waals surface area contributed by atoms with E-state index in [0.717, 1.165) is 6.42 Å². The Bertz CT molecular complexity index is 217. The van der Waals surface area contributed by atoms with Crippen LogP contribution >= 0.6 is 11.8 Å². The van der Waals surface area contributed by atoms with Crippen LogP contribution in [0.3, 0.4) is 0 Å². The molecule has 0 aromatic rings. The lowest BCUT2D eigenvalue weighted by Crippen LogP contribution is -2.37. The molecule has 2 atom stereocenters. The van der Waals surface area contributed by atoms with Crippen molar-refractivity contribution in [1.29, 1.82) is 0 Å². The van der Waals surface area contributed by atoms with Crippen molar-refractivity contribution in [3.8, 4) is 0 Å². The van der Waals surface area contributed by atoms with Gasteiger partial charge in [0.25, 0.3) is 0 Å². The van der Waals surface area contributed by atoms with Gasteiger partial charge in [-0.2, -0.15) is 0 Å². The number of methoxy groups -OCH3 is 1. The lowest BCUT2D eigenvalue weighted by Gasteiger charge is -2.11. The topological polar surface area (TPSA) is 38.3 Å². The third-order valence-electron chi connectivity index (χ3n) is 2.92. The van der Waals surface area contributed by atoms with E-state index in [0.29, 0.717) is 11.8 Å². The first-order valence-corrected chi connectivity index (χ1v) is 4.58. The molecule has 0 bridgehead atoms. The van der Waals surface area contributed by atoms with Crippen LogP contribution < -0.4 is 4.84 Å². The van der Waals surface area contributed by atoms with Crippen molar-refractivity contribution >= 4 is 17.7 Å². The van der Waals surface area contributed by atoms with Crippen molar-refractivity contribution in [3.63, 3.8) is 0 Å². The van der Waals surface area contributed by atoms with Crippen LogP contribution in [0.15, 0.2) is 0 Å². The van der Waals surface area contributed by atoms with Gasteiger partial charge in [0.15, 0.2) is 0 Å². The van der Waals surface area contributed by atoms with Gasteiger partial charge in [-0.25, -0.2) is 4.84 Å². The van der Waals surface area contributed by atoms with Gasteiger partial charge >= 0.3 is 5.97 Å². The molecule has 0 unspecified atom stereocenters. The molecule has 0 spiro atoms. The Kier molecular flexibility index (Phi) is 1.81. The van der Waals surface area contributed by atoms with E-state index in [1.54, 1.807) is 0 Å². The molecule has 3 nitrogen and oxygen atoms in total. The van der Waals surface area contributed by atoms with Crippen molar-refractivity contribution in [2.24, 2.45) is 11.8 Å². The Morgan fingerprint density at radius 2 is 2.33 bits per heavy atom. The number of ether oxygens (including phenoxy) is 1. The lowest BCUT2D eigenvalue weighted by atomic mass is 10.1. The predicted molar refractivity (Wildman–Crippen MR) is 44.6 cm³/mol. The summed E-state index contributed by atoms with van der Waals surface area (Å²) >= 11 is 5.55. The molecule has 1 N–H and O–H groups in total. The molecule has 12 heavy (non-hydrogen) atoms. The van der Waals surface area contributed by atoms with E-state index >= 15 is 0 Å². The molecular weight excluding hydrogens is 178 g/mol. The Labute approximate surface area is 76.5 Å². The number of carbonyl (C=O) groups excluding carboxylic acids is 1. The third-order valence-corrected chi connectivity index (χ3v) is 3.26. The van der Waals surface area contributed by atoms with E-state index in [1.165, 1.54) is 20.0 Å². The fourth-order valence-electron chi connectivity index (χ4n) is 1.92. The van der Waals surface area contributed by atoms with Gasteiger partial charge in [-0.05, 0) is 42.9 Å². The van der Waals surface area contributed by atoms with Crippen LogP contribution in [0.25, 0.3) is 0 Å². The summed E-state index contributed by atoms with van der Waals surface area (Å²) in [5, 5.41) is 0. The highest BCUT2D eigenvalue weighted by atomic mass is 35.5. The molecule has 0 aromatic heterocycles. The van der Waals surface area contributed by atoms with Crippen LogP contribution in [0.1, 0.15) is 19.3 Å². The average Bonchev–Trinajstić information content (AvgIpc) is 2.94. The summed E-state index contributed by atoms with van der Waals surface area (Å²) in [4.78, 5) is 13.9. The Morgan fingerprint density at radius 1 is 1.67 bits per heavy atom. The minimum absolute atomic E-state index is 0.214. The zero-order valence-corrected chi connectivity index (χ0v) is 7.73. The number of esters is 1. The minimum atomic E-state index is -0.544. The number of hydrogen-bond acceptors (Lipinski definition) is 3. The zero-order chi connectivity index (χ0) is 8.77. The summed E-state index contributed by atoms with van der Waals surface area (Å²) < 4.78 is 4.69. The van der Waals surface area contributed by atoms with E-state index in [9.17, 15) is 4.79 Å². The highest BCUT2D eigenvalue weighted by molar-refractivity contribution is 6.16. The summed E-state index contributed by atoms with van der Waals surface area (Å²) in [6.45, 7) is 0. The van der Waals surface area contributed by atoms with E-state index < -0.39 is 5.54 Å². The second kappa shape index (κ2) is 2.60. The molecule has 0 aliphatic heterocycles. The maximum Gasteiger partial charge on any atom is 0.327 e. The van der Waals surface area contributed by atoms with E-state index in [-0.39, 0.29) is 5.97 Å². The molecule has 0 amide bonds. The van der Waals surface area contributed by atoms with Crippen LogP contribution in [0.4, 0.5) is 0 Å². The standard InChI is InChI=1S/C8H12ClNO2/c1-12-7(11)8(10-9)4-6(8)5-2-3-5/h5-6,10H,2-4H2,1H3/t6-,8+/m0/s1. The van der Waals surface area contributed by atoms with Crippen molar-refractivity contribution in [2.45, 2.75) is 24.8 Å². The van der Waals surface area contributed by atoms with Crippen LogP contribution in [0.5, 0.6) is 0 Å². The first-order valence-electron chi connectivity index (χ1n) is 4.21. The predicted octanol–water partition coefficient (Wildman–Crippen LogP) is 1.07. The first-order chi connectivity index (χ1) is 5.74. The van der Waals surface area contributed by atoms with Crippen LogP contribution in [0.2, 0.25) is 0 Å². The Hall–Kier alpha value is -0.280. The van der Waals surface area contributed by atoms with Gasteiger partial charge in [0.05, 0.1) is 7.11 Å². The summed E-state index contributed by atoms with van der Waals surface area (Å²) in [5.41, 5.74) is -0.544. The van der Waals surface area contributed by atoms with Gasteiger partial charge in [-0.1, -0.05) is 0 Å². The van der Waals surface area contributed by atoms with Crippen molar-refractivity contribution in [1.82, 2.24) is 4.84 Å². The number of rotatable bonds is 3. The second-order valence-corrected chi connectivity index (χ2v) is 3.89. The van der Waals surface area contributed by atoms with Crippen molar-refractivity contribution < 1.29 is 9.53 Å². The zero-order valence-electron chi connectivity index (χ0n) is 6.97. The summed E-state index contributed by atoms with van der Waals surface area (Å²) in [7, 11) is 1.40. The Balaban J connectivity index is 2.03. The summed E-state index contributed by atoms with van der Waals surface area (Å²) in [6, 6.07) is 0. The lowest BCUT2D eigenvalue weighted by molar-refractivity contribution is -0.144. The molecule has 2 fully saturated rings. The monoisotopic (exact) mass is 189 g/mol. The fraction of sp³-hybridized carbons (Fsp3) is 0.875. The second-order valence-electron chi connectivity index (χ2n) is 3.71. The molecule has 4 heteroatoms. The maximum atomic E-state index is 11.3. The molecular formula is C8H12ClNO2. The quantitative estimate of drug-likeness (QED) is 0.533. The van der Waals surface area contributed by atoms with Gasteiger partial charge in [-0.3, -0.25) is 4.79 Å². The fourth-order valence-corrected chi connectivity index (χ4v) is 2.21. The summed E-state index contributed by atoms with van der Waals surface area (Å²) in [5.74, 6) is 0.909. The molecule has 68 valence electrons. The van der Waals surface area contributed by atoms with E-state index in [2.05, 4.69) is 4.84 Å². The van der Waals surface area contributed by atoms with E-state index in [4.69, 9.17) is 16.5 Å². The van der Waals surface area contributed by atoms with E-state index in [1.807, 2.05) is 0 Å². The molecule has 0 aromatic carbocycles. The normalized spacial score (nSPS) is 39.3. The Morgan fingerprint density at radius 3 is 2.75 bits per heavy atom. The number of halogens is 1. The first kappa shape index (κ1) is 8.32. The number of nitrogens with one attached hydrogen (secondary N) is 1. The SMILES string of the molecule is COC(=O)[C@@]1(NCl)C[C@H]1C1CC1. The highest BCUT2D eigenvalue weighted by Gasteiger charge is 2.65. The van der Waals surface area contributed by atoms with Crippen LogP contribution in [-0.4, -0.2) is 18.6 Å². The third kappa shape index (κ3) is 1.04. The van der Waals surface area contributed by atoms with Gasteiger partial charge in [0.1, 0.15) is 5.54 Å². The molecule has 2 saturated carbocycles. The minimum Gasteiger partial charge on any atom is -0.468 e. The molecule has 2 aliphatic carbocycles. The summed E-state index contributed by atoms with van der Waals surface area (Å²) in [6.07, 6.45) is 3.32. The largest absolute Gasteiger partial charge is 0.468 e. The number of hydrogen-bond donors (Lipinski definition) is 1. The highest BCUT2D eigenvalue weighted by Crippen LogP contribution is 2.57. The smallest absolute Gasteiger partial charge is 0.327 e.